The molecule has 1 aliphatic rings. The maximum atomic E-state index is 13.1. The first-order valence-electron chi connectivity index (χ1n) is 13.5. The topological polar surface area (TPSA) is 110 Å². The van der Waals surface area contributed by atoms with Crippen molar-refractivity contribution in [2.45, 2.75) is 30.7 Å². The molecule has 2 N–H and O–H groups in total. The van der Waals surface area contributed by atoms with Gasteiger partial charge in [0.25, 0.3) is 5.65 Å². The molecule has 1 aliphatic carbocycles. The Morgan fingerprint density at radius 1 is 0.953 bits per heavy atom. The van der Waals surface area contributed by atoms with Crippen LogP contribution in [0.4, 0.5) is 13.2 Å². The summed E-state index contributed by atoms with van der Waals surface area (Å²) < 4.78 is 42.9. The fourth-order valence-electron chi connectivity index (χ4n) is 5.61. The molecule has 2 aromatic carbocycles. The molecule has 0 spiro atoms. The molecule has 4 heterocycles. The number of rotatable bonds is 5. The molecule has 4 aromatic heterocycles. The van der Waals surface area contributed by atoms with Gasteiger partial charge in [0.1, 0.15) is 5.69 Å². The number of carbonyl (C=O) groups excluding carboxylic acids is 1. The number of hydrogen-bond acceptors (Lipinski definition) is 6. The van der Waals surface area contributed by atoms with E-state index >= 15 is 0 Å². The van der Waals surface area contributed by atoms with Crippen molar-refractivity contribution >= 4 is 22.5 Å². The van der Waals surface area contributed by atoms with Gasteiger partial charge in [-0.15, -0.1) is 0 Å². The van der Waals surface area contributed by atoms with Crippen LogP contribution in [-0.4, -0.2) is 48.0 Å². The number of nitrogens with one attached hydrogen (secondary N) is 1. The monoisotopic (exact) mass is 582 g/mol. The Bertz CT molecular complexity index is 1970. The van der Waals surface area contributed by atoms with E-state index in [0.717, 1.165) is 22.0 Å². The minimum Gasteiger partial charge on any atom is -0.393 e. The van der Waals surface area contributed by atoms with Gasteiger partial charge < -0.3 is 10.4 Å². The van der Waals surface area contributed by atoms with Gasteiger partial charge in [0.2, 0.25) is 5.82 Å². The van der Waals surface area contributed by atoms with Crippen LogP contribution >= 0.6 is 0 Å². The number of alkyl halides is 3. The number of hydrogen-bond donors (Lipinski definition) is 2. The molecule has 6 aromatic rings. The summed E-state index contributed by atoms with van der Waals surface area (Å²) in [5.41, 5.74) is 3.05. The third kappa shape index (κ3) is 4.65. The fourth-order valence-corrected chi connectivity index (χ4v) is 5.61. The van der Waals surface area contributed by atoms with Crippen LogP contribution in [0.3, 0.4) is 0 Å². The van der Waals surface area contributed by atoms with E-state index in [2.05, 4.69) is 15.3 Å². The minimum absolute atomic E-state index is 0.0250. The Morgan fingerprint density at radius 2 is 1.67 bits per heavy atom. The van der Waals surface area contributed by atoms with Gasteiger partial charge >= 0.3 is 17.9 Å². The first kappa shape index (κ1) is 26.7. The predicted molar refractivity (Wildman–Crippen MR) is 150 cm³/mol. The summed E-state index contributed by atoms with van der Waals surface area (Å²) >= 11 is 0. The quantitative estimate of drug-likeness (QED) is 0.293. The highest BCUT2D eigenvalue weighted by atomic mass is 19.4. The van der Waals surface area contributed by atoms with Crippen LogP contribution in [0.2, 0.25) is 0 Å². The van der Waals surface area contributed by atoms with E-state index in [1.807, 2.05) is 59.3 Å². The van der Waals surface area contributed by atoms with Gasteiger partial charge in [-0.05, 0) is 41.5 Å². The lowest BCUT2D eigenvalue weighted by Gasteiger charge is -2.46. The molecule has 0 atom stereocenters. The lowest BCUT2D eigenvalue weighted by atomic mass is 9.69. The van der Waals surface area contributed by atoms with E-state index < -0.39 is 23.7 Å². The second-order valence-corrected chi connectivity index (χ2v) is 10.5. The molecule has 214 valence electrons. The molecule has 1 amide bonds. The zero-order chi connectivity index (χ0) is 29.8. The van der Waals surface area contributed by atoms with Gasteiger partial charge in [0.15, 0.2) is 0 Å². The summed E-state index contributed by atoms with van der Waals surface area (Å²) in [7, 11) is 0. The zero-order valence-corrected chi connectivity index (χ0v) is 22.4. The highest BCUT2D eigenvalue weighted by Crippen LogP contribution is 2.42. The lowest BCUT2D eigenvalue weighted by Crippen LogP contribution is -2.59. The second-order valence-electron chi connectivity index (χ2n) is 10.5. The Morgan fingerprint density at radius 3 is 2.35 bits per heavy atom. The van der Waals surface area contributed by atoms with E-state index in [1.54, 1.807) is 47.4 Å². The molecule has 0 radical (unpaired) electrons. The standard InChI is InChI=1S/C31H22F3N7O2/c32-31(33,34)29(43)38-30(16-23(42)17-30)21-7-9-22(10-8-21)41-28-24-15-20(19-5-2-1-3-6-19)18-37-25(24)11-14-40(28)27(39-41)26-35-12-4-13-36-26/h1-15,18,23,42H,16-17H2/p+1. The first-order valence-corrected chi connectivity index (χ1v) is 13.5. The second kappa shape index (κ2) is 9.95. The Balaban J connectivity index is 1.39. The van der Waals surface area contributed by atoms with E-state index in [0.29, 0.717) is 28.5 Å². The average molecular weight is 583 g/mol. The van der Waals surface area contributed by atoms with Crippen molar-refractivity contribution in [3.63, 3.8) is 0 Å². The SMILES string of the molecule is O=C(NC1(c2ccc(-n3nc(-c4ncccn4)[n+]4ccc5ncc(-c6ccccc6)cc5c34)cc2)CC(O)C1)C(F)(F)F. The summed E-state index contributed by atoms with van der Waals surface area (Å²) in [4.78, 5) is 25.3. The third-order valence-corrected chi connectivity index (χ3v) is 7.71. The van der Waals surface area contributed by atoms with Crippen LogP contribution in [-0.2, 0) is 10.3 Å². The summed E-state index contributed by atoms with van der Waals surface area (Å²) in [6.45, 7) is 0. The van der Waals surface area contributed by atoms with Gasteiger partial charge in [-0.25, -0.2) is 9.97 Å². The van der Waals surface area contributed by atoms with Gasteiger partial charge in [-0.2, -0.15) is 17.6 Å². The van der Waals surface area contributed by atoms with Crippen molar-refractivity contribution in [1.29, 1.82) is 0 Å². The Kier molecular flexibility index (Phi) is 6.17. The van der Waals surface area contributed by atoms with Crippen molar-refractivity contribution < 1.29 is 27.5 Å². The van der Waals surface area contributed by atoms with Gasteiger partial charge in [0, 0.05) is 37.0 Å². The number of halogens is 3. The molecule has 0 bridgehead atoms. The molecule has 0 saturated heterocycles. The molecule has 9 nitrogen and oxygen atoms in total. The molecule has 7 rings (SSSR count). The first-order chi connectivity index (χ1) is 20.7. The maximum Gasteiger partial charge on any atom is 0.471 e. The van der Waals surface area contributed by atoms with E-state index in [-0.39, 0.29) is 12.8 Å². The summed E-state index contributed by atoms with van der Waals surface area (Å²) in [6.07, 6.45) is 1.00. The third-order valence-electron chi connectivity index (χ3n) is 7.71. The normalized spacial score (nSPS) is 18.5. The fraction of sp³-hybridized carbons (Fsp3) is 0.161. The van der Waals surface area contributed by atoms with Crippen LogP contribution in [0.1, 0.15) is 18.4 Å². The number of amides is 1. The van der Waals surface area contributed by atoms with Crippen LogP contribution in [0, 0.1) is 0 Å². The molecule has 0 unspecified atom stereocenters. The van der Waals surface area contributed by atoms with Gasteiger partial charge in [-0.3, -0.25) is 9.78 Å². The molecule has 43 heavy (non-hydrogen) atoms. The molecule has 1 saturated carbocycles. The van der Waals surface area contributed by atoms with Gasteiger partial charge in [-0.1, -0.05) is 47.1 Å². The summed E-state index contributed by atoms with van der Waals surface area (Å²) in [6, 6.07) is 22.2. The molecule has 0 aliphatic heterocycles. The van der Waals surface area contributed by atoms with Crippen LogP contribution in [0.5, 0.6) is 0 Å². The number of aliphatic hydroxyl groups excluding tert-OH is 1. The van der Waals surface area contributed by atoms with Crippen molar-refractivity contribution in [3.8, 4) is 28.5 Å². The highest BCUT2D eigenvalue weighted by molar-refractivity contribution is 5.93. The van der Waals surface area contributed by atoms with E-state index in [4.69, 9.17) is 10.1 Å². The largest absolute Gasteiger partial charge is 0.471 e. The highest BCUT2D eigenvalue weighted by Gasteiger charge is 2.51. The number of aliphatic hydroxyl groups is 1. The van der Waals surface area contributed by atoms with Crippen LogP contribution in [0.25, 0.3) is 45.0 Å². The minimum atomic E-state index is -5.04. The maximum absolute atomic E-state index is 13.1. The number of pyridine rings is 2. The predicted octanol–water partition coefficient (Wildman–Crippen LogP) is 4.31. The number of benzene rings is 2. The van der Waals surface area contributed by atoms with Crippen LogP contribution < -0.4 is 9.72 Å². The van der Waals surface area contributed by atoms with Crippen molar-refractivity contribution in [2.24, 2.45) is 0 Å². The van der Waals surface area contributed by atoms with Crippen molar-refractivity contribution in [1.82, 2.24) is 30.0 Å². The van der Waals surface area contributed by atoms with Crippen molar-refractivity contribution in [2.75, 3.05) is 0 Å². The summed E-state index contributed by atoms with van der Waals surface area (Å²) in [5, 5.41) is 17.7. The average Bonchev–Trinajstić information content (AvgIpc) is 3.41. The van der Waals surface area contributed by atoms with Crippen molar-refractivity contribution in [3.05, 3.63) is 103 Å². The van der Waals surface area contributed by atoms with E-state index in [9.17, 15) is 23.1 Å². The molecular weight excluding hydrogens is 559 g/mol. The Hall–Kier alpha value is -5.23. The zero-order valence-electron chi connectivity index (χ0n) is 22.4. The number of nitrogens with zero attached hydrogens (tertiary/aromatic N) is 6. The smallest absolute Gasteiger partial charge is 0.393 e. The Labute approximate surface area is 242 Å². The number of aromatic nitrogens is 6. The number of fused-ring (bicyclic) bond motifs is 3. The van der Waals surface area contributed by atoms with Crippen LogP contribution in [0.15, 0.2) is 97.6 Å². The van der Waals surface area contributed by atoms with E-state index in [1.165, 1.54) is 0 Å². The molecular formula is C31H23F3N7O2+. The molecule has 1 fully saturated rings. The van der Waals surface area contributed by atoms with Gasteiger partial charge in [0.05, 0.1) is 33.8 Å². The number of carbonyl (C=O) groups is 1. The molecule has 12 heteroatoms. The summed E-state index contributed by atoms with van der Waals surface area (Å²) in [5.74, 6) is -1.17. The lowest BCUT2D eigenvalue weighted by molar-refractivity contribution is -0.499.